The van der Waals surface area contributed by atoms with Gasteiger partial charge in [-0.3, -0.25) is 0 Å². The molecule has 0 fully saturated rings. The van der Waals surface area contributed by atoms with Gasteiger partial charge in [0.25, 0.3) is 10.0 Å². The average molecular weight is 524 g/mol. The van der Waals surface area contributed by atoms with Gasteiger partial charge in [-0.2, -0.15) is 13.5 Å². The number of hydrogen-bond donors (Lipinski definition) is 1. The zero-order chi connectivity index (χ0) is 23.6. The highest BCUT2D eigenvalue weighted by Crippen LogP contribution is 2.24. The summed E-state index contributed by atoms with van der Waals surface area (Å²) in [4.78, 5) is 2.52. The Bertz CT molecular complexity index is 1420. The standard InChI is InChI=1S/C26H26BrN3O2S/c1-26(2,3)21-11-13-23(14-12-21)33(31,32)29-28-16-20-18-30(25-10-5-4-9-24(20)25)17-19-7-6-8-22(27)15-19/h4-16,18,29H,17H2,1-3H3. The molecule has 4 aromatic rings. The maximum Gasteiger partial charge on any atom is 0.276 e. The molecule has 0 radical (unpaired) electrons. The van der Waals surface area contributed by atoms with Crippen LogP contribution in [0.25, 0.3) is 10.9 Å². The van der Waals surface area contributed by atoms with Crippen LogP contribution in [0, 0.1) is 0 Å². The second kappa shape index (κ2) is 9.15. The fourth-order valence-corrected chi connectivity index (χ4v) is 4.93. The second-order valence-electron chi connectivity index (χ2n) is 8.99. The lowest BCUT2D eigenvalue weighted by atomic mass is 9.87. The summed E-state index contributed by atoms with van der Waals surface area (Å²) >= 11 is 3.52. The minimum absolute atomic E-state index is 0.0437. The Morgan fingerprint density at radius 3 is 2.42 bits per heavy atom. The van der Waals surface area contributed by atoms with Crippen LogP contribution in [0.15, 0.2) is 93.5 Å². The normalized spacial score (nSPS) is 12.5. The predicted octanol–water partition coefficient (Wildman–Crippen LogP) is 6.06. The Hall–Kier alpha value is -2.90. The number of hydrazone groups is 1. The van der Waals surface area contributed by atoms with Gasteiger partial charge in [0, 0.05) is 33.7 Å². The van der Waals surface area contributed by atoms with Crippen LogP contribution in [0.4, 0.5) is 0 Å². The number of para-hydroxylation sites is 1. The molecule has 4 rings (SSSR count). The lowest BCUT2D eigenvalue weighted by Crippen LogP contribution is -2.19. The molecule has 0 saturated heterocycles. The first-order chi connectivity index (χ1) is 15.6. The Kier molecular flexibility index (Phi) is 6.45. The molecule has 0 amide bonds. The number of nitrogens with zero attached hydrogens (tertiary/aromatic N) is 2. The van der Waals surface area contributed by atoms with E-state index >= 15 is 0 Å². The molecule has 33 heavy (non-hydrogen) atoms. The molecule has 0 aliphatic rings. The van der Waals surface area contributed by atoms with Crippen LogP contribution in [-0.2, 0) is 22.0 Å². The molecule has 0 bridgehead atoms. The van der Waals surface area contributed by atoms with Crippen LogP contribution < -0.4 is 4.83 Å². The third kappa shape index (κ3) is 5.37. The van der Waals surface area contributed by atoms with E-state index in [0.717, 1.165) is 32.1 Å². The zero-order valence-electron chi connectivity index (χ0n) is 18.8. The van der Waals surface area contributed by atoms with E-state index in [1.54, 1.807) is 18.3 Å². The van der Waals surface area contributed by atoms with Gasteiger partial charge in [-0.05, 0) is 46.9 Å². The van der Waals surface area contributed by atoms with Crippen molar-refractivity contribution in [3.05, 3.63) is 100 Å². The molecule has 7 heteroatoms. The van der Waals surface area contributed by atoms with E-state index in [1.807, 2.05) is 54.7 Å². The number of nitrogens with one attached hydrogen (secondary N) is 1. The van der Waals surface area contributed by atoms with Crippen molar-refractivity contribution < 1.29 is 8.42 Å². The van der Waals surface area contributed by atoms with Gasteiger partial charge in [0.05, 0.1) is 11.1 Å². The molecule has 5 nitrogen and oxygen atoms in total. The Morgan fingerprint density at radius 2 is 1.73 bits per heavy atom. The molecule has 0 aliphatic heterocycles. The van der Waals surface area contributed by atoms with Crippen molar-refractivity contribution in [3.63, 3.8) is 0 Å². The van der Waals surface area contributed by atoms with E-state index in [4.69, 9.17) is 0 Å². The molecular weight excluding hydrogens is 498 g/mol. The van der Waals surface area contributed by atoms with Gasteiger partial charge >= 0.3 is 0 Å². The average Bonchev–Trinajstić information content (AvgIpc) is 3.11. The summed E-state index contributed by atoms with van der Waals surface area (Å²) in [5.41, 5.74) is 4.08. The molecule has 0 atom stereocenters. The third-order valence-electron chi connectivity index (χ3n) is 5.47. The Labute approximate surface area is 203 Å². The fraction of sp³-hybridized carbons (Fsp3) is 0.192. The maximum atomic E-state index is 12.7. The molecule has 170 valence electrons. The third-order valence-corrected chi connectivity index (χ3v) is 7.20. The Balaban J connectivity index is 1.57. The van der Waals surface area contributed by atoms with E-state index < -0.39 is 10.0 Å². The number of hydrogen-bond acceptors (Lipinski definition) is 3. The van der Waals surface area contributed by atoms with Gasteiger partial charge in [0.2, 0.25) is 0 Å². The van der Waals surface area contributed by atoms with E-state index in [0.29, 0.717) is 6.54 Å². The van der Waals surface area contributed by atoms with Crippen molar-refractivity contribution >= 4 is 43.1 Å². The molecular formula is C26H26BrN3O2S. The number of benzene rings is 3. The van der Waals surface area contributed by atoms with E-state index in [2.05, 4.69) is 63.3 Å². The molecule has 0 spiro atoms. The van der Waals surface area contributed by atoms with Crippen LogP contribution in [0.1, 0.15) is 37.5 Å². The molecule has 1 aromatic heterocycles. The second-order valence-corrected chi connectivity index (χ2v) is 11.6. The lowest BCUT2D eigenvalue weighted by molar-refractivity contribution is 0.580. The lowest BCUT2D eigenvalue weighted by Gasteiger charge is -2.19. The molecule has 0 saturated carbocycles. The van der Waals surface area contributed by atoms with Crippen molar-refractivity contribution in [3.8, 4) is 0 Å². The summed E-state index contributed by atoms with van der Waals surface area (Å²) in [5.74, 6) is 0. The zero-order valence-corrected chi connectivity index (χ0v) is 21.2. The van der Waals surface area contributed by atoms with Gasteiger partial charge in [0.15, 0.2) is 0 Å². The number of fused-ring (bicyclic) bond motifs is 1. The first-order valence-corrected chi connectivity index (χ1v) is 12.9. The predicted molar refractivity (Wildman–Crippen MR) is 138 cm³/mol. The molecule has 3 aromatic carbocycles. The van der Waals surface area contributed by atoms with Crippen LogP contribution >= 0.6 is 15.9 Å². The maximum absolute atomic E-state index is 12.7. The topological polar surface area (TPSA) is 63.5 Å². The van der Waals surface area contributed by atoms with Crippen molar-refractivity contribution in [2.45, 2.75) is 37.6 Å². The van der Waals surface area contributed by atoms with Crippen LogP contribution in [0.5, 0.6) is 0 Å². The van der Waals surface area contributed by atoms with Gasteiger partial charge in [-0.1, -0.05) is 79.2 Å². The van der Waals surface area contributed by atoms with E-state index in [1.165, 1.54) is 0 Å². The summed E-state index contributed by atoms with van der Waals surface area (Å²) in [6, 6.07) is 23.1. The summed E-state index contributed by atoms with van der Waals surface area (Å²) in [7, 11) is -3.75. The minimum atomic E-state index is -3.75. The molecule has 1 N–H and O–H groups in total. The van der Waals surface area contributed by atoms with Gasteiger partial charge < -0.3 is 4.57 Å². The van der Waals surface area contributed by atoms with Gasteiger partial charge in [-0.15, -0.1) is 0 Å². The first kappa shape index (κ1) is 23.3. The van der Waals surface area contributed by atoms with E-state index in [9.17, 15) is 8.42 Å². The molecule has 1 heterocycles. The number of halogens is 1. The fourth-order valence-electron chi connectivity index (χ4n) is 3.69. The highest BCUT2D eigenvalue weighted by atomic mass is 79.9. The van der Waals surface area contributed by atoms with Crippen LogP contribution in [0.3, 0.4) is 0 Å². The van der Waals surface area contributed by atoms with Crippen molar-refractivity contribution in [2.24, 2.45) is 5.10 Å². The first-order valence-electron chi connectivity index (χ1n) is 10.6. The SMILES string of the molecule is CC(C)(C)c1ccc(S(=O)(=O)NN=Cc2cn(Cc3cccc(Br)c3)c3ccccc23)cc1. The number of sulfonamides is 1. The molecule has 0 unspecified atom stereocenters. The largest absolute Gasteiger partial charge is 0.342 e. The summed E-state index contributed by atoms with van der Waals surface area (Å²) < 4.78 is 28.5. The Morgan fingerprint density at radius 1 is 1.00 bits per heavy atom. The number of aromatic nitrogens is 1. The summed E-state index contributed by atoms with van der Waals surface area (Å²) in [6.45, 7) is 6.96. The van der Waals surface area contributed by atoms with Crippen LogP contribution in [-0.4, -0.2) is 19.2 Å². The van der Waals surface area contributed by atoms with Gasteiger partial charge in [-0.25, -0.2) is 4.83 Å². The van der Waals surface area contributed by atoms with Gasteiger partial charge in [0.1, 0.15) is 0 Å². The number of rotatable bonds is 6. The van der Waals surface area contributed by atoms with Crippen molar-refractivity contribution in [1.82, 2.24) is 9.40 Å². The van der Waals surface area contributed by atoms with Crippen LogP contribution in [0.2, 0.25) is 0 Å². The van der Waals surface area contributed by atoms with Crippen molar-refractivity contribution in [1.29, 1.82) is 0 Å². The highest BCUT2D eigenvalue weighted by molar-refractivity contribution is 9.10. The monoisotopic (exact) mass is 523 g/mol. The smallest absolute Gasteiger partial charge is 0.276 e. The highest BCUT2D eigenvalue weighted by Gasteiger charge is 2.17. The quantitative estimate of drug-likeness (QED) is 0.246. The summed E-state index contributed by atoms with van der Waals surface area (Å²) in [5, 5.41) is 5.07. The molecule has 0 aliphatic carbocycles. The van der Waals surface area contributed by atoms with Crippen molar-refractivity contribution in [2.75, 3.05) is 0 Å². The minimum Gasteiger partial charge on any atom is -0.342 e. The van der Waals surface area contributed by atoms with E-state index in [-0.39, 0.29) is 10.3 Å². The summed E-state index contributed by atoms with van der Waals surface area (Å²) in [6.07, 6.45) is 3.54.